The molecule has 0 bridgehead atoms. The second-order valence-corrected chi connectivity index (χ2v) is 8.94. The Morgan fingerprint density at radius 2 is 1.72 bits per heavy atom. The van der Waals surface area contributed by atoms with E-state index in [-0.39, 0.29) is 5.91 Å². The number of nitrogens with one attached hydrogen (secondary N) is 1. The predicted molar refractivity (Wildman–Crippen MR) is 135 cm³/mol. The van der Waals surface area contributed by atoms with Crippen LogP contribution in [0, 0.1) is 25.2 Å². The van der Waals surface area contributed by atoms with Gasteiger partial charge in [0.2, 0.25) is 0 Å². The van der Waals surface area contributed by atoms with Crippen molar-refractivity contribution >= 4 is 11.6 Å². The van der Waals surface area contributed by atoms with Crippen molar-refractivity contribution in [2.75, 3.05) is 18.5 Å². The number of rotatable bonds is 4. The van der Waals surface area contributed by atoms with Gasteiger partial charge >= 0.3 is 0 Å². The Hall–Kier alpha value is -3.61. The minimum Gasteiger partial charge on any atom is -0.348 e. The topological polar surface area (TPSA) is 115 Å². The van der Waals surface area contributed by atoms with Gasteiger partial charge in [0, 0.05) is 19.0 Å². The highest BCUT2D eigenvalue weighted by atomic mass is 16.7. The zero-order valence-corrected chi connectivity index (χ0v) is 21.2. The van der Waals surface area contributed by atoms with Gasteiger partial charge in [0.05, 0.1) is 59.7 Å². The van der Waals surface area contributed by atoms with Gasteiger partial charge in [-0.1, -0.05) is 19.9 Å². The second-order valence-electron chi connectivity index (χ2n) is 8.94. The van der Waals surface area contributed by atoms with Gasteiger partial charge in [-0.15, -0.1) is 0 Å². The maximum Gasteiger partial charge on any atom is 0.259 e. The minimum atomic E-state index is -0.679. The molecule has 1 N–H and O–H groups in total. The summed E-state index contributed by atoms with van der Waals surface area (Å²) in [6, 6.07) is 9.89. The number of hydrogen-bond acceptors (Lipinski definition) is 7. The third kappa shape index (κ3) is 4.87. The van der Waals surface area contributed by atoms with Gasteiger partial charge in [0.1, 0.15) is 0 Å². The van der Waals surface area contributed by atoms with Gasteiger partial charge < -0.3 is 14.8 Å². The Bertz CT molecular complexity index is 1230. The van der Waals surface area contributed by atoms with E-state index in [4.69, 9.17) is 9.47 Å². The maximum atomic E-state index is 12.9. The summed E-state index contributed by atoms with van der Waals surface area (Å²) in [7, 11) is 0. The molecule has 2 aliphatic rings. The van der Waals surface area contributed by atoms with Crippen molar-refractivity contribution in [3.05, 3.63) is 65.4 Å². The summed E-state index contributed by atoms with van der Waals surface area (Å²) in [5.74, 6) is -0.168. The smallest absolute Gasteiger partial charge is 0.259 e. The molecule has 188 valence electrons. The van der Waals surface area contributed by atoms with E-state index in [1.165, 1.54) is 6.20 Å². The van der Waals surface area contributed by atoms with Crippen LogP contribution in [0.5, 0.6) is 0 Å². The SMILES string of the molecule is CC.Cc1ccc(-n2ncc(C(=O)Nc3ccc(C4(C#N)CCC5(CC4)OCCO5)nc3)c2C)nc1. The summed E-state index contributed by atoms with van der Waals surface area (Å²) in [6.07, 6.45) is 7.46. The van der Waals surface area contributed by atoms with Crippen molar-refractivity contribution in [2.24, 2.45) is 0 Å². The Morgan fingerprint density at radius 3 is 2.31 bits per heavy atom. The van der Waals surface area contributed by atoms with Crippen molar-refractivity contribution in [2.45, 2.75) is 64.6 Å². The summed E-state index contributed by atoms with van der Waals surface area (Å²) < 4.78 is 13.2. The van der Waals surface area contributed by atoms with Crippen LogP contribution in [0.2, 0.25) is 0 Å². The normalized spacial score (nSPS) is 17.6. The Morgan fingerprint density at radius 1 is 1.00 bits per heavy atom. The number of aromatic nitrogens is 4. The van der Waals surface area contributed by atoms with Gasteiger partial charge in [-0.2, -0.15) is 10.4 Å². The van der Waals surface area contributed by atoms with E-state index in [2.05, 4.69) is 26.5 Å². The molecule has 1 spiro atoms. The standard InChI is InChI=1S/C25H26N6O3.C2H6/c1-17-3-6-22(28-13-17)31-18(2)20(15-29-31)23(32)30-19-4-5-21(27-14-19)24(16-26)7-9-25(10-8-24)33-11-12-34-25;1-2/h3-6,13-15H,7-12H2,1-2H3,(H,30,32);1-2H3. The van der Waals surface area contributed by atoms with Crippen LogP contribution < -0.4 is 5.32 Å². The first-order valence-electron chi connectivity index (χ1n) is 12.4. The van der Waals surface area contributed by atoms with E-state index >= 15 is 0 Å². The van der Waals surface area contributed by atoms with Crippen LogP contribution in [0.25, 0.3) is 5.82 Å². The lowest BCUT2D eigenvalue weighted by atomic mass is 9.70. The van der Waals surface area contributed by atoms with E-state index in [9.17, 15) is 10.1 Å². The molecule has 0 unspecified atom stereocenters. The third-order valence-electron chi connectivity index (χ3n) is 6.77. The molecule has 3 aromatic heterocycles. The first kappa shape index (κ1) is 25.5. The average Bonchev–Trinajstić information content (AvgIpc) is 3.54. The highest BCUT2D eigenvalue weighted by Crippen LogP contribution is 2.45. The summed E-state index contributed by atoms with van der Waals surface area (Å²) in [4.78, 5) is 21.8. The molecule has 1 saturated heterocycles. The van der Waals surface area contributed by atoms with E-state index in [1.54, 1.807) is 23.1 Å². The number of ether oxygens (including phenoxy) is 2. The largest absolute Gasteiger partial charge is 0.348 e. The molecule has 36 heavy (non-hydrogen) atoms. The zero-order chi connectivity index (χ0) is 25.8. The predicted octanol–water partition coefficient (Wildman–Crippen LogP) is 4.64. The molecule has 1 aliphatic carbocycles. The maximum absolute atomic E-state index is 12.9. The van der Waals surface area contributed by atoms with E-state index in [0.717, 1.165) is 5.56 Å². The molecule has 1 saturated carbocycles. The van der Waals surface area contributed by atoms with Gasteiger partial charge in [-0.25, -0.2) is 9.67 Å². The molecule has 4 heterocycles. The summed E-state index contributed by atoms with van der Waals surface area (Å²) in [5.41, 5.74) is 2.77. The van der Waals surface area contributed by atoms with E-state index in [1.807, 2.05) is 45.9 Å². The number of carbonyl (C=O) groups excluding carboxylic acids is 1. The van der Waals surface area contributed by atoms with Crippen LogP contribution in [0.15, 0.2) is 42.9 Å². The number of carbonyl (C=O) groups is 1. The molecule has 0 atom stereocenters. The van der Waals surface area contributed by atoms with E-state index < -0.39 is 11.2 Å². The molecule has 9 heteroatoms. The fourth-order valence-corrected chi connectivity index (χ4v) is 4.67. The molecular formula is C27H32N6O3. The van der Waals surface area contributed by atoms with Crippen LogP contribution in [0.3, 0.4) is 0 Å². The molecule has 0 radical (unpaired) electrons. The molecule has 0 aromatic carbocycles. The lowest BCUT2D eigenvalue weighted by Crippen LogP contribution is -2.41. The molecule has 9 nitrogen and oxygen atoms in total. The molecule has 2 fully saturated rings. The number of anilines is 1. The first-order chi connectivity index (χ1) is 17.4. The van der Waals surface area contributed by atoms with Crippen LogP contribution in [-0.4, -0.2) is 44.7 Å². The zero-order valence-electron chi connectivity index (χ0n) is 21.2. The van der Waals surface area contributed by atoms with Crippen LogP contribution in [-0.2, 0) is 14.9 Å². The second kappa shape index (κ2) is 10.6. The molecule has 3 aromatic rings. The highest BCUT2D eigenvalue weighted by molar-refractivity contribution is 6.04. The van der Waals surface area contributed by atoms with Gasteiger partial charge in [0.25, 0.3) is 5.91 Å². The number of nitrogens with zero attached hydrogens (tertiary/aromatic N) is 5. The van der Waals surface area contributed by atoms with Crippen LogP contribution in [0.4, 0.5) is 5.69 Å². The van der Waals surface area contributed by atoms with Crippen LogP contribution >= 0.6 is 0 Å². The van der Waals surface area contributed by atoms with Crippen molar-refractivity contribution in [1.29, 1.82) is 5.26 Å². The first-order valence-corrected chi connectivity index (χ1v) is 12.4. The molecular weight excluding hydrogens is 456 g/mol. The highest BCUT2D eigenvalue weighted by Gasteiger charge is 2.48. The van der Waals surface area contributed by atoms with Crippen LogP contribution in [0.1, 0.15) is 66.8 Å². The fraction of sp³-hybridized carbons (Fsp3) is 0.444. The lowest BCUT2D eigenvalue weighted by Gasteiger charge is -2.39. The third-order valence-corrected chi connectivity index (χ3v) is 6.77. The number of aryl methyl sites for hydroxylation is 1. The number of hydrogen-bond donors (Lipinski definition) is 1. The average molecular weight is 489 g/mol. The Kier molecular flexibility index (Phi) is 7.48. The summed E-state index contributed by atoms with van der Waals surface area (Å²) in [6.45, 7) is 9.00. The van der Waals surface area contributed by atoms with Crippen molar-refractivity contribution in [3.63, 3.8) is 0 Å². The molecule has 5 rings (SSSR count). The number of nitriles is 1. The summed E-state index contributed by atoms with van der Waals surface area (Å²) >= 11 is 0. The molecule has 1 aliphatic heterocycles. The number of amides is 1. The quantitative estimate of drug-likeness (QED) is 0.569. The number of pyridine rings is 2. The Balaban J connectivity index is 0.00000148. The van der Waals surface area contributed by atoms with Crippen molar-refractivity contribution < 1.29 is 14.3 Å². The van der Waals surface area contributed by atoms with Crippen molar-refractivity contribution in [3.8, 4) is 11.9 Å². The van der Waals surface area contributed by atoms with Gasteiger partial charge in [-0.05, 0) is 50.5 Å². The monoisotopic (exact) mass is 488 g/mol. The molecule has 1 amide bonds. The minimum absolute atomic E-state index is 0.282. The Labute approximate surface area is 211 Å². The van der Waals surface area contributed by atoms with Gasteiger partial charge in [0.15, 0.2) is 11.6 Å². The fourth-order valence-electron chi connectivity index (χ4n) is 4.67. The lowest BCUT2D eigenvalue weighted by molar-refractivity contribution is -0.182. The summed E-state index contributed by atoms with van der Waals surface area (Å²) in [5, 5.41) is 17.2. The van der Waals surface area contributed by atoms with Gasteiger partial charge in [-0.3, -0.25) is 9.78 Å². The van der Waals surface area contributed by atoms with Crippen molar-refractivity contribution in [1.82, 2.24) is 19.7 Å². The van der Waals surface area contributed by atoms with E-state index in [0.29, 0.717) is 67.4 Å².